The summed E-state index contributed by atoms with van der Waals surface area (Å²) >= 11 is 0. The number of aliphatic hydroxyl groups is 1. The smallest absolute Gasteiger partial charge is 0.192 e. The molecule has 0 aliphatic carbocycles. The summed E-state index contributed by atoms with van der Waals surface area (Å²) in [4.78, 5) is 12.8. The van der Waals surface area contributed by atoms with Crippen LogP contribution in [0.5, 0.6) is 0 Å². The molecule has 4 heteroatoms. The molecule has 0 unspecified atom stereocenters. The Morgan fingerprint density at radius 3 is 1.65 bits per heavy atom. The van der Waals surface area contributed by atoms with Crippen LogP contribution in [-0.4, -0.2) is 31.4 Å². The van der Waals surface area contributed by atoms with E-state index in [1.165, 1.54) is 0 Å². The van der Waals surface area contributed by atoms with Crippen LogP contribution in [0, 0.1) is 23.7 Å². The number of Topliss-reactive ketones (excluding diaryl/α,β-unsaturated/α-hetero) is 1. The van der Waals surface area contributed by atoms with Gasteiger partial charge in [-0.2, -0.15) is 0 Å². The number of rotatable bonds is 8. The van der Waals surface area contributed by atoms with Crippen molar-refractivity contribution >= 4 is 14.1 Å². The SMILES string of the molecule is CC(C)[C@H](O)[C@@H](C)C(=O)[C@@H](C)[C@@H](O[Si](C)(C)C(C)(C)C)C(C)C. The average Bonchev–Trinajstić information content (AvgIpc) is 2.39. The monoisotopic (exact) mass is 344 g/mol. The predicted octanol–water partition coefficient (Wildman–Crippen LogP) is 4.89. The van der Waals surface area contributed by atoms with Gasteiger partial charge in [-0.25, -0.2) is 0 Å². The highest BCUT2D eigenvalue weighted by Gasteiger charge is 2.42. The maximum absolute atomic E-state index is 12.8. The van der Waals surface area contributed by atoms with Crippen LogP contribution in [0.2, 0.25) is 18.1 Å². The van der Waals surface area contributed by atoms with Gasteiger partial charge in [-0.1, -0.05) is 62.3 Å². The topological polar surface area (TPSA) is 46.5 Å². The first-order chi connectivity index (χ1) is 10.1. The summed E-state index contributed by atoms with van der Waals surface area (Å²) in [5, 5.41) is 10.4. The third-order valence-corrected chi connectivity index (χ3v) is 9.95. The van der Waals surface area contributed by atoms with Crippen molar-refractivity contribution in [3.05, 3.63) is 0 Å². The summed E-state index contributed by atoms with van der Waals surface area (Å²) in [6.45, 7) is 23.0. The quantitative estimate of drug-likeness (QED) is 0.638. The molecular weight excluding hydrogens is 304 g/mol. The zero-order valence-electron chi connectivity index (χ0n) is 17.2. The highest BCUT2D eigenvalue weighted by Crippen LogP contribution is 2.39. The van der Waals surface area contributed by atoms with Crippen LogP contribution in [-0.2, 0) is 9.22 Å². The standard InChI is InChI=1S/C19H40O3Si/c1-12(2)16(20)14(5)17(21)15(6)18(13(3)4)22-23(10,11)19(7,8)9/h12-16,18,20H,1-11H3/t14-,15-,16+,18+/m1/s1. The molecule has 0 aliphatic heterocycles. The second-order valence-electron chi connectivity index (χ2n) is 9.30. The largest absolute Gasteiger partial charge is 0.413 e. The van der Waals surface area contributed by atoms with Crippen LogP contribution < -0.4 is 0 Å². The van der Waals surface area contributed by atoms with Gasteiger partial charge in [-0.05, 0) is 30.0 Å². The molecule has 0 saturated heterocycles. The molecule has 0 aromatic carbocycles. The molecule has 0 fully saturated rings. The van der Waals surface area contributed by atoms with Gasteiger partial charge in [-0.3, -0.25) is 4.79 Å². The van der Waals surface area contributed by atoms with Crippen LogP contribution >= 0.6 is 0 Å². The lowest BCUT2D eigenvalue weighted by Crippen LogP contribution is -2.49. The van der Waals surface area contributed by atoms with E-state index in [0.29, 0.717) is 0 Å². The predicted molar refractivity (Wildman–Crippen MR) is 101 cm³/mol. The summed E-state index contributed by atoms with van der Waals surface area (Å²) in [5.74, 6) is -0.0863. The Morgan fingerprint density at radius 1 is 0.913 bits per heavy atom. The van der Waals surface area contributed by atoms with Gasteiger partial charge < -0.3 is 9.53 Å². The van der Waals surface area contributed by atoms with Gasteiger partial charge in [0.1, 0.15) is 5.78 Å². The van der Waals surface area contributed by atoms with Crippen LogP contribution in [0.3, 0.4) is 0 Å². The second kappa shape index (κ2) is 8.26. The molecule has 138 valence electrons. The number of hydrogen-bond donors (Lipinski definition) is 1. The van der Waals surface area contributed by atoms with E-state index in [1.54, 1.807) is 0 Å². The molecule has 3 nitrogen and oxygen atoms in total. The molecule has 0 aliphatic rings. The number of carbonyl (C=O) groups excluding carboxylic acids is 1. The fourth-order valence-corrected chi connectivity index (χ4v) is 4.16. The van der Waals surface area contributed by atoms with E-state index >= 15 is 0 Å². The Bertz CT molecular complexity index is 383. The van der Waals surface area contributed by atoms with E-state index in [-0.39, 0.29) is 40.6 Å². The molecule has 0 amide bonds. The molecule has 0 heterocycles. The van der Waals surface area contributed by atoms with Crippen LogP contribution in [0.25, 0.3) is 0 Å². The molecule has 0 aromatic rings. The molecule has 23 heavy (non-hydrogen) atoms. The first-order valence-corrected chi connectivity index (χ1v) is 11.9. The fraction of sp³-hybridized carbons (Fsp3) is 0.947. The van der Waals surface area contributed by atoms with Gasteiger partial charge in [-0.15, -0.1) is 0 Å². The zero-order chi connectivity index (χ0) is 18.7. The van der Waals surface area contributed by atoms with Crippen molar-refractivity contribution in [2.75, 3.05) is 0 Å². The Balaban J connectivity index is 5.29. The molecular formula is C19H40O3Si. The highest BCUT2D eigenvalue weighted by atomic mass is 28.4. The molecule has 0 spiro atoms. The van der Waals surface area contributed by atoms with Crippen LogP contribution in [0.4, 0.5) is 0 Å². The van der Waals surface area contributed by atoms with Gasteiger partial charge in [0.2, 0.25) is 0 Å². The third-order valence-electron chi connectivity index (χ3n) is 5.48. The minimum atomic E-state index is -1.94. The Labute approximate surface area is 145 Å². The van der Waals surface area contributed by atoms with Gasteiger partial charge in [0, 0.05) is 11.8 Å². The second-order valence-corrected chi connectivity index (χ2v) is 14.1. The Kier molecular flexibility index (Phi) is 8.19. The molecule has 0 saturated carbocycles. The first-order valence-electron chi connectivity index (χ1n) is 9.03. The lowest BCUT2D eigenvalue weighted by Gasteiger charge is -2.42. The van der Waals surface area contributed by atoms with Crippen molar-refractivity contribution in [3.63, 3.8) is 0 Å². The van der Waals surface area contributed by atoms with Gasteiger partial charge >= 0.3 is 0 Å². The maximum Gasteiger partial charge on any atom is 0.192 e. The van der Waals surface area contributed by atoms with Crippen molar-refractivity contribution in [3.8, 4) is 0 Å². The van der Waals surface area contributed by atoms with Crippen molar-refractivity contribution in [1.29, 1.82) is 0 Å². The van der Waals surface area contributed by atoms with E-state index in [0.717, 1.165) is 0 Å². The van der Waals surface area contributed by atoms with E-state index in [1.807, 2.05) is 27.7 Å². The summed E-state index contributed by atoms with van der Waals surface area (Å²) in [5.41, 5.74) is 0. The van der Waals surface area contributed by atoms with E-state index in [2.05, 4.69) is 47.7 Å². The zero-order valence-corrected chi connectivity index (χ0v) is 18.2. The minimum absolute atomic E-state index is 0.0833. The van der Waals surface area contributed by atoms with Crippen LogP contribution in [0.1, 0.15) is 62.3 Å². The normalized spacial score (nSPS) is 18.9. The number of carbonyl (C=O) groups is 1. The summed E-state index contributed by atoms with van der Waals surface area (Å²) in [7, 11) is -1.94. The van der Waals surface area contributed by atoms with Crippen molar-refractivity contribution in [1.82, 2.24) is 0 Å². The average molecular weight is 345 g/mol. The number of hydrogen-bond acceptors (Lipinski definition) is 3. The summed E-state index contributed by atoms with van der Waals surface area (Å²) in [6.07, 6.45) is -0.684. The maximum atomic E-state index is 12.8. The molecule has 0 rings (SSSR count). The Morgan fingerprint density at radius 2 is 1.35 bits per heavy atom. The minimum Gasteiger partial charge on any atom is -0.413 e. The number of aliphatic hydroxyl groups excluding tert-OH is 1. The van der Waals surface area contributed by atoms with Crippen molar-refractivity contribution < 1.29 is 14.3 Å². The highest BCUT2D eigenvalue weighted by molar-refractivity contribution is 6.74. The molecule has 4 atom stereocenters. The van der Waals surface area contributed by atoms with E-state index < -0.39 is 14.4 Å². The fourth-order valence-electron chi connectivity index (χ4n) is 2.65. The number of ketones is 1. The molecule has 1 N–H and O–H groups in total. The first kappa shape index (κ1) is 22.8. The summed E-state index contributed by atoms with van der Waals surface area (Å²) < 4.78 is 6.57. The third kappa shape index (κ3) is 5.99. The van der Waals surface area contributed by atoms with Crippen molar-refractivity contribution in [2.24, 2.45) is 23.7 Å². The lowest BCUT2D eigenvalue weighted by molar-refractivity contribution is -0.134. The molecule has 0 bridgehead atoms. The van der Waals surface area contributed by atoms with Crippen LogP contribution in [0.15, 0.2) is 0 Å². The molecule has 0 radical (unpaired) electrons. The van der Waals surface area contributed by atoms with Crippen molar-refractivity contribution in [2.45, 2.75) is 92.7 Å². The Hall–Kier alpha value is -0.193. The van der Waals surface area contributed by atoms with E-state index in [4.69, 9.17) is 4.43 Å². The molecule has 0 aromatic heterocycles. The van der Waals surface area contributed by atoms with Gasteiger partial charge in [0.05, 0.1) is 12.2 Å². The lowest BCUT2D eigenvalue weighted by atomic mass is 9.82. The van der Waals surface area contributed by atoms with E-state index in [9.17, 15) is 9.90 Å². The van der Waals surface area contributed by atoms with Gasteiger partial charge in [0.15, 0.2) is 8.32 Å². The summed E-state index contributed by atoms with van der Waals surface area (Å²) in [6, 6.07) is 0. The van der Waals surface area contributed by atoms with Gasteiger partial charge in [0.25, 0.3) is 0 Å².